The molecule has 0 saturated heterocycles. The minimum atomic E-state index is -3.13. The van der Waals surface area contributed by atoms with Crippen LogP contribution in [0, 0.1) is 5.92 Å². The van der Waals surface area contributed by atoms with E-state index in [1.54, 1.807) is 0 Å². The maximum Gasteiger partial charge on any atom is 0.211 e. The first-order valence-electron chi connectivity index (χ1n) is 5.97. The standard InChI is InChI=1S/C10H18N4O2S/c15-17(16,7-9-3-1-2-4-9)13-6-5-10-11-8-12-14-10/h8-9,13H,1-7H2,(H,11,12,14). The van der Waals surface area contributed by atoms with Gasteiger partial charge < -0.3 is 0 Å². The van der Waals surface area contributed by atoms with E-state index in [1.165, 1.54) is 6.33 Å². The highest BCUT2D eigenvalue weighted by Crippen LogP contribution is 2.25. The molecule has 2 N–H and O–H groups in total. The van der Waals surface area contributed by atoms with Crippen molar-refractivity contribution in [1.82, 2.24) is 19.9 Å². The maximum absolute atomic E-state index is 11.8. The number of rotatable bonds is 6. The Balaban J connectivity index is 1.73. The van der Waals surface area contributed by atoms with Gasteiger partial charge in [-0.2, -0.15) is 5.10 Å². The van der Waals surface area contributed by atoms with Crippen molar-refractivity contribution >= 4 is 10.0 Å². The molecule has 1 saturated carbocycles. The lowest BCUT2D eigenvalue weighted by atomic mass is 10.1. The van der Waals surface area contributed by atoms with E-state index in [0.717, 1.165) is 25.7 Å². The largest absolute Gasteiger partial charge is 0.263 e. The van der Waals surface area contributed by atoms with Gasteiger partial charge in [0.1, 0.15) is 12.2 Å². The number of hydrogen-bond donors (Lipinski definition) is 2. The van der Waals surface area contributed by atoms with Crippen molar-refractivity contribution in [1.29, 1.82) is 0 Å². The molecule has 0 unspecified atom stereocenters. The third-order valence-electron chi connectivity index (χ3n) is 3.08. The highest BCUT2D eigenvalue weighted by Gasteiger charge is 2.22. The lowest BCUT2D eigenvalue weighted by molar-refractivity contribution is 0.547. The average molecular weight is 258 g/mol. The van der Waals surface area contributed by atoms with Crippen molar-refractivity contribution in [3.8, 4) is 0 Å². The predicted molar refractivity (Wildman–Crippen MR) is 63.8 cm³/mol. The fraction of sp³-hybridized carbons (Fsp3) is 0.800. The summed E-state index contributed by atoms with van der Waals surface area (Å²) < 4.78 is 26.1. The molecule has 7 heteroatoms. The van der Waals surface area contributed by atoms with Crippen LogP contribution in [-0.4, -0.2) is 35.9 Å². The summed E-state index contributed by atoms with van der Waals surface area (Å²) in [7, 11) is -3.13. The van der Waals surface area contributed by atoms with Crippen molar-refractivity contribution in [2.24, 2.45) is 5.92 Å². The zero-order valence-electron chi connectivity index (χ0n) is 9.72. The van der Waals surface area contributed by atoms with E-state index in [9.17, 15) is 8.42 Å². The van der Waals surface area contributed by atoms with Crippen LogP contribution >= 0.6 is 0 Å². The fourth-order valence-corrected chi connectivity index (χ4v) is 3.71. The zero-order valence-corrected chi connectivity index (χ0v) is 10.5. The molecule has 0 spiro atoms. The molecule has 0 bridgehead atoms. The van der Waals surface area contributed by atoms with E-state index < -0.39 is 10.0 Å². The second kappa shape index (κ2) is 5.59. The van der Waals surface area contributed by atoms with Gasteiger partial charge in [0.15, 0.2) is 0 Å². The van der Waals surface area contributed by atoms with Gasteiger partial charge in [0.2, 0.25) is 10.0 Å². The summed E-state index contributed by atoms with van der Waals surface area (Å²) in [5.74, 6) is 1.31. The number of hydrogen-bond acceptors (Lipinski definition) is 4. The van der Waals surface area contributed by atoms with E-state index in [1.807, 2.05) is 0 Å². The number of sulfonamides is 1. The Hall–Kier alpha value is -0.950. The van der Waals surface area contributed by atoms with Crippen molar-refractivity contribution in [3.05, 3.63) is 12.2 Å². The Morgan fingerprint density at radius 2 is 2.18 bits per heavy atom. The minimum Gasteiger partial charge on any atom is -0.263 e. The van der Waals surface area contributed by atoms with Crippen LogP contribution in [0.2, 0.25) is 0 Å². The van der Waals surface area contributed by atoms with Gasteiger partial charge >= 0.3 is 0 Å². The summed E-state index contributed by atoms with van der Waals surface area (Å²) in [5.41, 5.74) is 0. The molecule has 0 aliphatic heterocycles. The van der Waals surface area contributed by atoms with Gasteiger partial charge in [-0.15, -0.1) is 0 Å². The van der Waals surface area contributed by atoms with Gasteiger partial charge in [-0.3, -0.25) is 5.10 Å². The number of aromatic amines is 1. The molecule has 2 rings (SSSR count). The normalized spacial score (nSPS) is 17.6. The van der Waals surface area contributed by atoms with Crippen LogP contribution in [0.15, 0.2) is 6.33 Å². The van der Waals surface area contributed by atoms with Crippen molar-refractivity contribution in [2.45, 2.75) is 32.1 Å². The number of nitrogens with one attached hydrogen (secondary N) is 2. The average Bonchev–Trinajstić information content (AvgIpc) is 2.89. The Morgan fingerprint density at radius 1 is 1.41 bits per heavy atom. The van der Waals surface area contributed by atoms with Gasteiger partial charge in [0, 0.05) is 13.0 Å². The molecule has 0 amide bonds. The topological polar surface area (TPSA) is 87.7 Å². The van der Waals surface area contributed by atoms with Gasteiger partial charge in [-0.05, 0) is 18.8 Å². The molecule has 1 aromatic rings. The second-order valence-corrected chi connectivity index (χ2v) is 6.36. The Labute approximate surface area is 101 Å². The molecule has 0 atom stereocenters. The lowest BCUT2D eigenvalue weighted by Crippen LogP contribution is -2.31. The number of aromatic nitrogens is 3. The quantitative estimate of drug-likeness (QED) is 0.776. The van der Waals surface area contributed by atoms with Gasteiger partial charge in [0.05, 0.1) is 5.75 Å². The summed E-state index contributed by atoms with van der Waals surface area (Å²) in [4.78, 5) is 3.94. The highest BCUT2D eigenvalue weighted by atomic mass is 32.2. The fourth-order valence-electron chi connectivity index (χ4n) is 2.22. The molecule has 96 valence electrons. The van der Waals surface area contributed by atoms with Crippen LogP contribution in [0.25, 0.3) is 0 Å². The van der Waals surface area contributed by atoms with Gasteiger partial charge in [-0.1, -0.05) is 12.8 Å². The molecule has 1 aliphatic carbocycles. The minimum absolute atomic E-state index is 0.267. The zero-order chi connectivity index (χ0) is 12.1. The number of H-pyrrole nitrogens is 1. The third-order valence-corrected chi connectivity index (χ3v) is 4.63. The SMILES string of the molecule is O=S(=O)(CC1CCCC1)NCCc1ncn[nH]1. The maximum atomic E-state index is 11.8. The van der Waals surface area contributed by atoms with Crippen molar-refractivity contribution in [3.63, 3.8) is 0 Å². The Kier molecular flexibility index (Phi) is 4.11. The molecule has 6 nitrogen and oxygen atoms in total. The Bertz CT molecular complexity index is 423. The van der Waals surface area contributed by atoms with E-state index in [4.69, 9.17) is 0 Å². The van der Waals surface area contributed by atoms with Crippen LogP contribution in [0.4, 0.5) is 0 Å². The van der Waals surface area contributed by atoms with E-state index in [-0.39, 0.29) is 5.75 Å². The molecule has 1 heterocycles. The molecule has 0 radical (unpaired) electrons. The summed E-state index contributed by atoms with van der Waals surface area (Å²) in [5, 5.41) is 6.41. The molecule has 0 aromatic carbocycles. The van der Waals surface area contributed by atoms with Crippen LogP contribution < -0.4 is 4.72 Å². The monoisotopic (exact) mass is 258 g/mol. The number of nitrogens with zero attached hydrogens (tertiary/aromatic N) is 2. The third kappa shape index (κ3) is 4.08. The molecule has 1 fully saturated rings. The van der Waals surface area contributed by atoms with Gasteiger partial charge in [0.25, 0.3) is 0 Å². The van der Waals surface area contributed by atoms with E-state index in [0.29, 0.717) is 24.7 Å². The van der Waals surface area contributed by atoms with Crippen molar-refractivity contribution in [2.75, 3.05) is 12.3 Å². The van der Waals surface area contributed by atoms with E-state index in [2.05, 4.69) is 19.9 Å². The highest BCUT2D eigenvalue weighted by molar-refractivity contribution is 7.89. The molecule has 17 heavy (non-hydrogen) atoms. The lowest BCUT2D eigenvalue weighted by Gasteiger charge is -2.10. The first-order valence-corrected chi connectivity index (χ1v) is 7.62. The van der Waals surface area contributed by atoms with Crippen LogP contribution in [0.5, 0.6) is 0 Å². The Morgan fingerprint density at radius 3 is 2.82 bits per heavy atom. The van der Waals surface area contributed by atoms with Crippen LogP contribution in [-0.2, 0) is 16.4 Å². The van der Waals surface area contributed by atoms with E-state index >= 15 is 0 Å². The van der Waals surface area contributed by atoms with Crippen LogP contribution in [0.3, 0.4) is 0 Å². The molecule has 1 aromatic heterocycles. The summed E-state index contributed by atoms with van der Waals surface area (Å²) >= 11 is 0. The smallest absolute Gasteiger partial charge is 0.211 e. The predicted octanol–water partition coefficient (Wildman–Crippen LogP) is 0.457. The van der Waals surface area contributed by atoms with Crippen molar-refractivity contribution < 1.29 is 8.42 Å². The second-order valence-electron chi connectivity index (χ2n) is 4.51. The summed E-state index contributed by atoms with van der Waals surface area (Å²) in [6, 6.07) is 0. The first-order chi connectivity index (χ1) is 8.16. The van der Waals surface area contributed by atoms with Gasteiger partial charge in [-0.25, -0.2) is 18.1 Å². The van der Waals surface area contributed by atoms with Crippen LogP contribution in [0.1, 0.15) is 31.5 Å². The molecule has 1 aliphatic rings. The summed E-state index contributed by atoms with van der Waals surface area (Å²) in [6.07, 6.45) is 6.38. The first kappa shape index (κ1) is 12.5. The molecular formula is C10H18N4O2S. The summed E-state index contributed by atoms with van der Waals surface area (Å²) in [6.45, 7) is 0.379. The molecular weight excluding hydrogens is 240 g/mol.